The van der Waals surface area contributed by atoms with Crippen molar-refractivity contribution in [3.05, 3.63) is 34.9 Å². The van der Waals surface area contributed by atoms with Gasteiger partial charge in [-0.05, 0) is 38.0 Å². The Kier molecular flexibility index (Phi) is 5.29. The van der Waals surface area contributed by atoms with Crippen LogP contribution in [0.5, 0.6) is 0 Å². The molecule has 1 rings (SSSR count). The molecule has 0 spiro atoms. The van der Waals surface area contributed by atoms with E-state index in [0.717, 1.165) is 12.0 Å². The van der Waals surface area contributed by atoms with E-state index in [4.69, 9.17) is 11.6 Å². The first-order chi connectivity index (χ1) is 8.02. The summed E-state index contributed by atoms with van der Waals surface area (Å²) >= 11 is 5.81. The first-order valence-corrected chi connectivity index (χ1v) is 6.23. The molecule has 17 heavy (non-hydrogen) atoms. The Morgan fingerprint density at radius 1 is 1.24 bits per heavy atom. The van der Waals surface area contributed by atoms with Crippen molar-refractivity contribution in [1.29, 1.82) is 0 Å². The zero-order chi connectivity index (χ0) is 12.8. The van der Waals surface area contributed by atoms with E-state index in [1.54, 1.807) is 0 Å². The van der Waals surface area contributed by atoms with E-state index < -0.39 is 0 Å². The number of urea groups is 1. The van der Waals surface area contributed by atoms with Crippen molar-refractivity contribution in [1.82, 2.24) is 10.6 Å². The molecule has 94 valence electrons. The molecule has 0 heterocycles. The highest BCUT2D eigenvalue weighted by molar-refractivity contribution is 6.30. The first kappa shape index (κ1) is 13.8. The summed E-state index contributed by atoms with van der Waals surface area (Å²) in [7, 11) is 0. The number of nitrogens with one attached hydrogen (secondary N) is 2. The average Bonchev–Trinajstić information content (AvgIpc) is 2.29. The Morgan fingerprint density at radius 2 is 1.82 bits per heavy atom. The van der Waals surface area contributed by atoms with Gasteiger partial charge in [0.2, 0.25) is 0 Å². The molecule has 0 aliphatic rings. The molecule has 0 radical (unpaired) electrons. The fraction of sp³-hybridized carbons (Fsp3) is 0.462. The second kappa shape index (κ2) is 6.50. The van der Waals surface area contributed by atoms with Crippen LogP contribution in [0.1, 0.15) is 38.8 Å². The van der Waals surface area contributed by atoms with Crippen LogP contribution in [0.2, 0.25) is 5.02 Å². The Labute approximate surface area is 108 Å². The third-order valence-corrected chi connectivity index (χ3v) is 2.96. The lowest BCUT2D eigenvalue weighted by atomic mass is 10.1. The number of benzene rings is 1. The zero-order valence-corrected chi connectivity index (χ0v) is 11.2. The van der Waals surface area contributed by atoms with Gasteiger partial charge in [-0.3, -0.25) is 0 Å². The van der Waals surface area contributed by atoms with Crippen LogP contribution in [0.3, 0.4) is 0 Å². The van der Waals surface area contributed by atoms with E-state index in [2.05, 4.69) is 10.6 Å². The van der Waals surface area contributed by atoms with Gasteiger partial charge < -0.3 is 10.6 Å². The number of carbonyl (C=O) groups excluding carboxylic acids is 1. The molecule has 0 aliphatic heterocycles. The molecule has 0 aliphatic carbocycles. The van der Waals surface area contributed by atoms with Crippen LogP contribution < -0.4 is 10.6 Å². The molecule has 4 heteroatoms. The lowest BCUT2D eigenvalue weighted by Gasteiger charge is -2.17. The number of rotatable bonds is 4. The SMILES string of the molecule is CC[C@H](C)NC(=O)N[C@@H](C)c1ccc(Cl)cc1. The minimum absolute atomic E-state index is 0.0312. The molecule has 0 fully saturated rings. The maximum absolute atomic E-state index is 11.6. The fourth-order valence-electron chi connectivity index (χ4n) is 1.40. The Bertz CT molecular complexity index is 364. The summed E-state index contributed by atoms with van der Waals surface area (Å²) in [6, 6.07) is 7.49. The molecule has 2 N–H and O–H groups in total. The number of carbonyl (C=O) groups is 1. The molecule has 0 saturated carbocycles. The molecule has 0 unspecified atom stereocenters. The van der Waals surface area contributed by atoms with Crippen molar-refractivity contribution in [2.24, 2.45) is 0 Å². The van der Waals surface area contributed by atoms with E-state index in [-0.39, 0.29) is 18.1 Å². The number of amides is 2. The largest absolute Gasteiger partial charge is 0.336 e. The summed E-state index contributed by atoms with van der Waals surface area (Å²) in [5.74, 6) is 0. The molecular formula is C13H19ClN2O. The second-order valence-corrected chi connectivity index (χ2v) is 4.64. The third kappa shape index (κ3) is 4.65. The Balaban J connectivity index is 2.51. The van der Waals surface area contributed by atoms with Gasteiger partial charge in [0.15, 0.2) is 0 Å². The van der Waals surface area contributed by atoms with Crippen molar-refractivity contribution in [3.8, 4) is 0 Å². The van der Waals surface area contributed by atoms with Crippen molar-refractivity contribution < 1.29 is 4.79 Å². The molecule has 2 atom stereocenters. The Hall–Kier alpha value is -1.22. The fourth-order valence-corrected chi connectivity index (χ4v) is 1.52. The van der Waals surface area contributed by atoms with Crippen molar-refractivity contribution >= 4 is 17.6 Å². The van der Waals surface area contributed by atoms with Crippen LogP contribution in [-0.4, -0.2) is 12.1 Å². The normalized spacial score (nSPS) is 13.9. The van der Waals surface area contributed by atoms with E-state index in [1.165, 1.54) is 0 Å². The minimum atomic E-state index is -0.137. The monoisotopic (exact) mass is 254 g/mol. The Morgan fingerprint density at radius 3 is 2.35 bits per heavy atom. The standard InChI is InChI=1S/C13H19ClN2O/c1-4-9(2)15-13(17)16-10(3)11-5-7-12(14)8-6-11/h5-10H,4H2,1-3H3,(H2,15,16,17)/t9-,10-/m0/s1. The maximum Gasteiger partial charge on any atom is 0.315 e. The van der Waals surface area contributed by atoms with Gasteiger partial charge in [-0.15, -0.1) is 0 Å². The van der Waals surface area contributed by atoms with Crippen LogP contribution in [-0.2, 0) is 0 Å². The predicted molar refractivity (Wildman–Crippen MR) is 71.3 cm³/mol. The summed E-state index contributed by atoms with van der Waals surface area (Å²) in [6.45, 7) is 5.96. The molecular weight excluding hydrogens is 236 g/mol. The third-order valence-electron chi connectivity index (χ3n) is 2.71. The summed E-state index contributed by atoms with van der Waals surface area (Å²) in [4.78, 5) is 11.6. The summed E-state index contributed by atoms with van der Waals surface area (Å²) < 4.78 is 0. The summed E-state index contributed by atoms with van der Waals surface area (Å²) in [5, 5.41) is 6.45. The molecule has 0 bridgehead atoms. The molecule has 0 aromatic heterocycles. The van der Waals surface area contributed by atoms with Gasteiger partial charge in [-0.1, -0.05) is 30.7 Å². The predicted octanol–water partition coefficient (Wildman–Crippen LogP) is 3.50. The smallest absolute Gasteiger partial charge is 0.315 e. The van der Waals surface area contributed by atoms with Crippen molar-refractivity contribution in [2.75, 3.05) is 0 Å². The number of hydrogen-bond donors (Lipinski definition) is 2. The minimum Gasteiger partial charge on any atom is -0.336 e. The average molecular weight is 255 g/mol. The molecule has 1 aromatic rings. The van der Waals surface area contributed by atoms with E-state index >= 15 is 0 Å². The first-order valence-electron chi connectivity index (χ1n) is 5.85. The highest BCUT2D eigenvalue weighted by Gasteiger charge is 2.10. The van der Waals surface area contributed by atoms with E-state index in [0.29, 0.717) is 5.02 Å². The highest BCUT2D eigenvalue weighted by atomic mass is 35.5. The van der Waals surface area contributed by atoms with Gasteiger partial charge in [-0.2, -0.15) is 0 Å². The maximum atomic E-state index is 11.6. The summed E-state index contributed by atoms with van der Waals surface area (Å²) in [5.41, 5.74) is 1.04. The van der Waals surface area contributed by atoms with Crippen molar-refractivity contribution in [2.45, 2.75) is 39.3 Å². The lowest BCUT2D eigenvalue weighted by Crippen LogP contribution is -2.41. The molecule has 1 aromatic carbocycles. The van der Waals surface area contributed by atoms with Gasteiger partial charge in [0.05, 0.1) is 6.04 Å². The van der Waals surface area contributed by atoms with Gasteiger partial charge in [0.25, 0.3) is 0 Å². The topological polar surface area (TPSA) is 41.1 Å². The molecule has 2 amide bonds. The molecule has 3 nitrogen and oxygen atoms in total. The van der Waals surface area contributed by atoms with Gasteiger partial charge >= 0.3 is 6.03 Å². The lowest BCUT2D eigenvalue weighted by molar-refractivity contribution is 0.234. The van der Waals surface area contributed by atoms with E-state index in [9.17, 15) is 4.79 Å². The zero-order valence-electron chi connectivity index (χ0n) is 10.5. The van der Waals surface area contributed by atoms with Gasteiger partial charge in [-0.25, -0.2) is 4.79 Å². The van der Waals surface area contributed by atoms with Crippen molar-refractivity contribution in [3.63, 3.8) is 0 Å². The molecule has 0 saturated heterocycles. The number of halogens is 1. The van der Waals surface area contributed by atoms with E-state index in [1.807, 2.05) is 45.0 Å². The van der Waals surface area contributed by atoms with Gasteiger partial charge in [0.1, 0.15) is 0 Å². The second-order valence-electron chi connectivity index (χ2n) is 4.20. The van der Waals surface area contributed by atoms with Crippen LogP contribution in [0.25, 0.3) is 0 Å². The van der Waals surface area contributed by atoms with Crippen LogP contribution in [0.15, 0.2) is 24.3 Å². The highest BCUT2D eigenvalue weighted by Crippen LogP contribution is 2.15. The number of hydrogen-bond acceptors (Lipinski definition) is 1. The van der Waals surface area contributed by atoms with Crippen LogP contribution in [0, 0.1) is 0 Å². The van der Waals surface area contributed by atoms with Crippen LogP contribution in [0.4, 0.5) is 4.79 Å². The quantitative estimate of drug-likeness (QED) is 0.848. The van der Waals surface area contributed by atoms with Crippen LogP contribution >= 0.6 is 11.6 Å². The summed E-state index contributed by atoms with van der Waals surface area (Å²) in [6.07, 6.45) is 0.919. The van der Waals surface area contributed by atoms with Gasteiger partial charge in [0, 0.05) is 11.1 Å².